The molecule has 6 nitrogen and oxygen atoms in total. The van der Waals surface area contributed by atoms with E-state index in [9.17, 15) is 14.0 Å². The van der Waals surface area contributed by atoms with Crippen molar-refractivity contribution < 1.29 is 14.0 Å². The number of carbonyl (C=O) groups is 2. The van der Waals surface area contributed by atoms with E-state index in [4.69, 9.17) is 0 Å². The first kappa shape index (κ1) is 20.9. The van der Waals surface area contributed by atoms with E-state index in [0.717, 1.165) is 49.2 Å². The van der Waals surface area contributed by atoms with Crippen LogP contribution in [-0.4, -0.2) is 61.5 Å². The molecule has 3 heterocycles. The Morgan fingerprint density at radius 1 is 1.09 bits per heavy atom. The summed E-state index contributed by atoms with van der Waals surface area (Å²) in [6, 6.07) is 11.5. The van der Waals surface area contributed by atoms with E-state index in [1.54, 1.807) is 19.2 Å². The summed E-state index contributed by atoms with van der Waals surface area (Å²) in [4.78, 5) is 30.0. The zero-order valence-corrected chi connectivity index (χ0v) is 18.4. The zero-order valence-electron chi connectivity index (χ0n) is 18.4. The van der Waals surface area contributed by atoms with Gasteiger partial charge in [0.15, 0.2) is 0 Å². The summed E-state index contributed by atoms with van der Waals surface area (Å²) in [6.45, 7) is 4.55. The van der Waals surface area contributed by atoms with Gasteiger partial charge in [0.2, 0.25) is 0 Å². The quantitative estimate of drug-likeness (QED) is 0.775. The first-order valence-corrected chi connectivity index (χ1v) is 11.4. The molecule has 0 spiro atoms. The van der Waals surface area contributed by atoms with Crippen molar-refractivity contribution in [1.29, 1.82) is 0 Å². The van der Waals surface area contributed by atoms with Crippen LogP contribution in [0.2, 0.25) is 0 Å². The Morgan fingerprint density at radius 3 is 2.50 bits per heavy atom. The van der Waals surface area contributed by atoms with Gasteiger partial charge in [-0.1, -0.05) is 18.2 Å². The molecule has 2 bridgehead atoms. The van der Waals surface area contributed by atoms with Crippen molar-refractivity contribution >= 4 is 11.9 Å². The van der Waals surface area contributed by atoms with Crippen molar-refractivity contribution in [2.24, 2.45) is 5.41 Å². The second kappa shape index (κ2) is 8.20. The highest BCUT2D eigenvalue weighted by Gasteiger charge is 2.44. The van der Waals surface area contributed by atoms with E-state index < -0.39 is 0 Å². The van der Waals surface area contributed by atoms with Crippen LogP contribution in [0, 0.1) is 11.2 Å². The first-order chi connectivity index (χ1) is 15.5. The Bertz CT molecular complexity index is 1030. The van der Waals surface area contributed by atoms with Gasteiger partial charge in [-0.25, -0.2) is 9.18 Å². The second-order valence-electron chi connectivity index (χ2n) is 9.33. The smallest absolute Gasteiger partial charge is 0.318 e. The number of halogens is 1. The first-order valence-electron chi connectivity index (χ1n) is 11.4. The minimum Gasteiger partial charge on any atom is -0.355 e. The SMILES string of the molecule is CNC(=O)c1ccc2c(c1)[C@H](c1ccc(F)cc1)N(C(=O)NCC13CCN(CC1)C3)CC2. The maximum Gasteiger partial charge on any atom is 0.318 e. The van der Waals surface area contributed by atoms with Gasteiger partial charge in [0.25, 0.3) is 5.91 Å². The second-order valence-corrected chi connectivity index (χ2v) is 9.33. The highest BCUT2D eigenvalue weighted by Crippen LogP contribution is 2.40. The van der Waals surface area contributed by atoms with E-state index in [0.29, 0.717) is 25.1 Å². The monoisotopic (exact) mass is 436 g/mol. The number of nitrogens with zero attached hydrogens (tertiary/aromatic N) is 2. The largest absolute Gasteiger partial charge is 0.355 e. The molecule has 0 radical (unpaired) electrons. The predicted octanol–water partition coefficient (Wildman–Crippen LogP) is 2.94. The number of fused-ring (bicyclic) bond motifs is 3. The molecule has 2 fully saturated rings. The van der Waals surface area contributed by atoms with Crippen molar-refractivity contribution in [2.45, 2.75) is 25.3 Å². The van der Waals surface area contributed by atoms with Crippen LogP contribution in [0.15, 0.2) is 42.5 Å². The highest BCUT2D eigenvalue weighted by molar-refractivity contribution is 5.94. The van der Waals surface area contributed by atoms with Gasteiger partial charge in [-0.15, -0.1) is 0 Å². The van der Waals surface area contributed by atoms with Gasteiger partial charge in [0.05, 0.1) is 6.04 Å². The number of carbonyl (C=O) groups excluding carboxylic acids is 2. The van der Waals surface area contributed by atoms with Crippen LogP contribution in [-0.2, 0) is 6.42 Å². The van der Waals surface area contributed by atoms with Crippen molar-refractivity contribution in [3.63, 3.8) is 0 Å². The fourth-order valence-electron chi connectivity index (χ4n) is 5.54. The lowest BCUT2D eigenvalue weighted by molar-refractivity contribution is 0.0963. The van der Waals surface area contributed by atoms with Crippen LogP contribution < -0.4 is 10.6 Å². The number of piperidine rings is 1. The van der Waals surface area contributed by atoms with Crippen molar-refractivity contribution in [3.05, 3.63) is 70.5 Å². The number of nitrogens with one attached hydrogen (secondary N) is 2. The fraction of sp³-hybridized carbons (Fsp3) is 0.440. The molecule has 2 aromatic carbocycles. The maximum absolute atomic E-state index is 13.7. The molecule has 2 aromatic rings. The molecule has 0 unspecified atom stereocenters. The Balaban J connectivity index is 1.45. The maximum atomic E-state index is 13.7. The van der Waals surface area contributed by atoms with Crippen LogP contribution in [0.5, 0.6) is 0 Å². The highest BCUT2D eigenvalue weighted by atomic mass is 19.1. The number of benzene rings is 2. The number of hydrogen-bond acceptors (Lipinski definition) is 3. The van der Waals surface area contributed by atoms with Gasteiger partial charge in [0.1, 0.15) is 5.82 Å². The summed E-state index contributed by atoms with van der Waals surface area (Å²) in [7, 11) is 1.60. The van der Waals surface area contributed by atoms with Crippen molar-refractivity contribution in [3.8, 4) is 0 Å². The third-order valence-corrected chi connectivity index (χ3v) is 7.40. The Labute approximate surface area is 187 Å². The Morgan fingerprint density at radius 2 is 1.84 bits per heavy atom. The van der Waals surface area contributed by atoms with Gasteiger partial charge < -0.3 is 20.4 Å². The van der Waals surface area contributed by atoms with Gasteiger partial charge >= 0.3 is 6.03 Å². The molecule has 0 aromatic heterocycles. The number of rotatable bonds is 4. The lowest BCUT2D eigenvalue weighted by Gasteiger charge is -2.38. The standard InChI is InChI=1S/C25H29FN4O2/c1-27-23(31)19-3-2-17-8-11-30(22(21(17)14-19)18-4-6-20(26)7-5-18)24(32)28-15-25-9-12-29(16-25)13-10-25/h2-7,14,22H,8-13,15-16H2,1H3,(H,27,31)(H,28,32)/t22-/m0/s1. The molecule has 3 aliphatic rings. The number of hydrogen-bond donors (Lipinski definition) is 2. The molecule has 3 aliphatic heterocycles. The van der Waals surface area contributed by atoms with Crippen LogP contribution in [0.25, 0.3) is 0 Å². The molecule has 0 aliphatic carbocycles. The average Bonchev–Trinajstić information content (AvgIpc) is 3.43. The molecule has 7 heteroatoms. The van der Waals surface area contributed by atoms with Gasteiger partial charge in [-0.2, -0.15) is 0 Å². The van der Waals surface area contributed by atoms with Crippen LogP contribution in [0.1, 0.15) is 45.9 Å². The van der Waals surface area contributed by atoms with Crippen molar-refractivity contribution in [2.75, 3.05) is 39.8 Å². The number of urea groups is 1. The average molecular weight is 437 g/mol. The summed E-state index contributed by atoms with van der Waals surface area (Å²) in [5.41, 5.74) is 3.61. The van der Waals surface area contributed by atoms with Crippen LogP contribution >= 0.6 is 0 Å². The third kappa shape index (κ3) is 3.75. The molecule has 2 saturated heterocycles. The van der Waals surface area contributed by atoms with E-state index in [2.05, 4.69) is 15.5 Å². The molecule has 0 saturated carbocycles. The van der Waals surface area contributed by atoms with Gasteiger partial charge in [0, 0.05) is 37.7 Å². The molecule has 3 amide bonds. The minimum absolute atomic E-state index is 0.102. The van der Waals surface area contributed by atoms with Crippen LogP contribution in [0.3, 0.4) is 0 Å². The van der Waals surface area contributed by atoms with E-state index in [-0.39, 0.29) is 29.2 Å². The normalized spacial score (nSPS) is 26.0. The Kier molecular flexibility index (Phi) is 5.37. The molecule has 2 N–H and O–H groups in total. The zero-order chi connectivity index (χ0) is 22.3. The predicted molar refractivity (Wildman–Crippen MR) is 120 cm³/mol. The molecule has 168 valence electrons. The molecular weight excluding hydrogens is 407 g/mol. The van der Waals surface area contributed by atoms with Gasteiger partial charge in [-0.3, -0.25) is 4.79 Å². The number of amides is 3. The van der Waals surface area contributed by atoms with Crippen molar-refractivity contribution in [1.82, 2.24) is 20.4 Å². The lowest BCUT2D eigenvalue weighted by Crippen LogP contribution is -2.48. The summed E-state index contributed by atoms with van der Waals surface area (Å²) >= 11 is 0. The summed E-state index contributed by atoms with van der Waals surface area (Å²) in [5, 5.41) is 5.88. The third-order valence-electron chi connectivity index (χ3n) is 7.40. The molecule has 32 heavy (non-hydrogen) atoms. The van der Waals surface area contributed by atoms with Gasteiger partial charge in [-0.05, 0) is 73.3 Å². The Hall–Kier alpha value is -2.93. The molecule has 5 rings (SSSR count). The summed E-state index contributed by atoms with van der Waals surface area (Å²) in [5.74, 6) is -0.482. The topological polar surface area (TPSA) is 64.7 Å². The summed E-state index contributed by atoms with van der Waals surface area (Å²) in [6.07, 6.45) is 2.98. The van der Waals surface area contributed by atoms with Crippen LogP contribution in [0.4, 0.5) is 9.18 Å². The molecular formula is C25H29FN4O2. The summed E-state index contributed by atoms with van der Waals surface area (Å²) < 4.78 is 13.7. The molecule has 1 atom stereocenters. The van der Waals surface area contributed by atoms with E-state index >= 15 is 0 Å². The lowest BCUT2D eigenvalue weighted by atomic mass is 9.84. The fourth-order valence-corrected chi connectivity index (χ4v) is 5.54. The van der Waals surface area contributed by atoms with E-state index in [1.165, 1.54) is 12.1 Å². The minimum atomic E-state index is -0.370. The van der Waals surface area contributed by atoms with E-state index in [1.807, 2.05) is 23.1 Å².